The summed E-state index contributed by atoms with van der Waals surface area (Å²) >= 11 is 0. The van der Waals surface area contributed by atoms with Crippen molar-refractivity contribution >= 4 is 17.5 Å². The Labute approximate surface area is 214 Å². The number of fused-ring (bicyclic) bond motifs is 1. The highest BCUT2D eigenvalue weighted by atomic mass is 16.6. The summed E-state index contributed by atoms with van der Waals surface area (Å²) in [6.07, 6.45) is 7.35. The molecule has 0 atom stereocenters. The molecule has 2 aliphatic rings. The lowest BCUT2D eigenvalue weighted by atomic mass is 9.68. The smallest absolute Gasteiger partial charge is 0.269 e. The largest absolute Gasteiger partial charge is 0.391 e. The zero-order chi connectivity index (χ0) is 25.2. The van der Waals surface area contributed by atoms with Crippen LogP contribution in [0.4, 0.5) is 5.69 Å². The van der Waals surface area contributed by atoms with Crippen LogP contribution in [0, 0.1) is 16.0 Å². The Morgan fingerprint density at radius 1 is 1.00 bits per heavy atom. The van der Waals surface area contributed by atoms with Crippen LogP contribution in [0.15, 0.2) is 96.2 Å². The first-order chi connectivity index (χ1) is 18.1. The highest BCUT2D eigenvalue weighted by Crippen LogP contribution is 2.43. The first-order valence-electron chi connectivity index (χ1n) is 12.5. The molecule has 1 heterocycles. The van der Waals surface area contributed by atoms with Crippen molar-refractivity contribution in [2.24, 2.45) is 11.1 Å². The number of hydrogen-bond acceptors (Lipinski definition) is 5. The van der Waals surface area contributed by atoms with E-state index in [0.29, 0.717) is 5.92 Å². The molecule has 0 spiro atoms. The summed E-state index contributed by atoms with van der Waals surface area (Å²) in [5.74, 6) is 0.326. The van der Waals surface area contributed by atoms with Crippen LogP contribution in [-0.4, -0.2) is 20.8 Å². The first-order valence-corrected chi connectivity index (χ1v) is 12.5. The fourth-order valence-corrected chi connectivity index (χ4v) is 5.05. The van der Waals surface area contributed by atoms with E-state index in [1.54, 1.807) is 12.1 Å². The molecule has 0 amide bonds. The number of nitrogens with one attached hydrogen (secondary N) is 1. The Bertz CT molecular complexity index is 1430. The number of non-ortho nitro benzene ring substituents is 1. The fourth-order valence-electron chi connectivity index (χ4n) is 5.05. The van der Waals surface area contributed by atoms with Crippen molar-refractivity contribution < 1.29 is 9.76 Å². The molecule has 0 aliphatic heterocycles. The standard InChI is InChI=1S/C30H26N4O3/c35-34(36)25-15-11-21(12-16-25)20-37-33-28(22-13-14-22)29-26-17-18-30(19-27(26)31-32-29,23-7-3-1-4-8-23)24-9-5-2-6-10-24/h1-12,15-18,22H,13-14,19-20H2,(H,31,32). The van der Waals surface area contributed by atoms with Gasteiger partial charge in [-0.2, -0.15) is 5.10 Å². The maximum atomic E-state index is 10.9. The molecule has 6 rings (SSSR count). The summed E-state index contributed by atoms with van der Waals surface area (Å²) in [5, 5.41) is 23.4. The van der Waals surface area contributed by atoms with Crippen LogP contribution < -0.4 is 0 Å². The van der Waals surface area contributed by atoms with E-state index < -0.39 is 4.92 Å². The van der Waals surface area contributed by atoms with Crippen LogP contribution in [-0.2, 0) is 23.3 Å². The summed E-state index contributed by atoms with van der Waals surface area (Å²) in [7, 11) is 0. The van der Waals surface area contributed by atoms with Crippen molar-refractivity contribution in [3.8, 4) is 0 Å². The molecular formula is C30H26N4O3. The van der Waals surface area contributed by atoms with Crippen LogP contribution in [0.25, 0.3) is 6.08 Å². The Morgan fingerprint density at radius 2 is 1.65 bits per heavy atom. The van der Waals surface area contributed by atoms with Crippen LogP contribution in [0.1, 0.15) is 46.5 Å². The molecule has 4 aromatic rings. The third kappa shape index (κ3) is 4.44. The summed E-state index contributed by atoms with van der Waals surface area (Å²) in [6.45, 7) is 0.238. The third-order valence-electron chi connectivity index (χ3n) is 7.20. The molecule has 1 fully saturated rings. The Hall–Kier alpha value is -4.52. The molecule has 1 N–H and O–H groups in total. The fraction of sp³-hybridized carbons (Fsp3) is 0.200. The van der Waals surface area contributed by atoms with E-state index in [1.165, 1.54) is 23.3 Å². The van der Waals surface area contributed by atoms with Crippen molar-refractivity contribution in [2.45, 2.75) is 31.3 Å². The van der Waals surface area contributed by atoms with Gasteiger partial charge in [0.25, 0.3) is 5.69 Å². The average Bonchev–Trinajstić information content (AvgIpc) is 3.71. The molecule has 184 valence electrons. The predicted octanol–water partition coefficient (Wildman–Crippen LogP) is 6.20. The zero-order valence-corrected chi connectivity index (χ0v) is 20.2. The van der Waals surface area contributed by atoms with E-state index in [-0.39, 0.29) is 17.7 Å². The second-order valence-corrected chi connectivity index (χ2v) is 9.63. The molecule has 0 saturated heterocycles. The summed E-state index contributed by atoms with van der Waals surface area (Å²) in [4.78, 5) is 16.2. The Balaban J connectivity index is 1.29. The van der Waals surface area contributed by atoms with Crippen molar-refractivity contribution in [1.82, 2.24) is 10.2 Å². The highest BCUT2D eigenvalue weighted by Gasteiger charge is 2.39. The molecule has 0 unspecified atom stereocenters. The normalized spacial score (nSPS) is 16.3. The highest BCUT2D eigenvalue weighted by molar-refractivity contribution is 6.04. The summed E-state index contributed by atoms with van der Waals surface area (Å²) in [6, 6.07) is 27.5. The van der Waals surface area contributed by atoms with Gasteiger partial charge in [0, 0.05) is 41.1 Å². The van der Waals surface area contributed by atoms with E-state index in [4.69, 9.17) is 9.94 Å². The maximum absolute atomic E-state index is 10.9. The van der Waals surface area contributed by atoms with E-state index in [9.17, 15) is 10.1 Å². The van der Waals surface area contributed by atoms with Gasteiger partial charge in [-0.05, 0) is 41.7 Å². The number of allylic oxidation sites excluding steroid dienone is 1. The van der Waals surface area contributed by atoms with Gasteiger partial charge >= 0.3 is 0 Å². The molecule has 3 aromatic carbocycles. The molecule has 0 radical (unpaired) electrons. The minimum atomic E-state index is -0.410. The maximum Gasteiger partial charge on any atom is 0.269 e. The number of oxime groups is 1. The van der Waals surface area contributed by atoms with Gasteiger partial charge < -0.3 is 4.84 Å². The molecule has 0 bridgehead atoms. The SMILES string of the molecule is O=[N+]([O-])c1ccc(CON=C(c2n[nH]c3c2C=CC(c2ccccc2)(c2ccccc2)C3)C2CC2)cc1. The van der Waals surface area contributed by atoms with Crippen molar-refractivity contribution in [2.75, 3.05) is 0 Å². The lowest BCUT2D eigenvalue weighted by Gasteiger charge is -2.34. The quantitative estimate of drug-likeness (QED) is 0.181. The van der Waals surface area contributed by atoms with Gasteiger partial charge in [0.05, 0.1) is 4.92 Å². The molecular weight excluding hydrogens is 464 g/mol. The van der Waals surface area contributed by atoms with Gasteiger partial charge in [-0.3, -0.25) is 15.2 Å². The second-order valence-electron chi connectivity index (χ2n) is 9.63. The summed E-state index contributed by atoms with van der Waals surface area (Å²) in [5.41, 5.74) is 6.90. The van der Waals surface area contributed by atoms with E-state index >= 15 is 0 Å². The lowest BCUT2D eigenvalue weighted by Crippen LogP contribution is -2.30. The van der Waals surface area contributed by atoms with Gasteiger partial charge in [-0.15, -0.1) is 0 Å². The second kappa shape index (κ2) is 9.50. The van der Waals surface area contributed by atoms with Crippen LogP contribution in [0.3, 0.4) is 0 Å². The molecule has 1 aromatic heterocycles. The minimum Gasteiger partial charge on any atom is -0.391 e. The van der Waals surface area contributed by atoms with Gasteiger partial charge in [-0.25, -0.2) is 0 Å². The van der Waals surface area contributed by atoms with Crippen molar-refractivity contribution in [3.63, 3.8) is 0 Å². The number of nitro groups is 1. The molecule has 2 aliphatic carbocycles. The number of nitro benzene ring substituents is 1. The number of nitrogens with zero attached hydrogens (tertiary/aromatic N) is 3. The monoisotopic (exact) mass is 490 g/mol. The van der Waals surface area contributed by atoms with Crippen molar-refractivity contribution in [1.29, 1.82) is 0 Å². The number of benzene rings is 3. The van der Waals surface area contributed by atoms with Crippen LogP contribution >= 0.6 is 0 Å². The molecule has 7 heteroatoms. The molecule has 37 heavy (non-hydrogen) atoms. The van der Waals surface area contributed by atoms with Crippen LogP contribution in [0.5, 0.6) is 0 Å². The van der Waals surface area contributed by atoms with Gasteiger partial charge in [0.2, 0.25) is 0 Å². The minimum absolute atomic E-state index is 0.0583. The number of H-pyrrole nitrogens is 1. The molecule has 1 saturated carbocycles. The van der Waals surface area contributed by atoms with E-state index in [2.05, 4.69) is 70.9 Å². The zero-order valence-electron chi connectivity index (χ0n) is 20.2. The topological polar surface area (TPSA) is 93.4 Å². The van der Waals surface area contributed by atoms with Crippen molar-refractivity contribution in [3.05, 3.63) is 135 Å². The number of aromatic nitrogens is 2. The lowest BCUT2D eigenvalue weighted by molar-refractivity contribution is -0.384. The Kier molecular flexibility index (Phi) is 5.88. The number of aromatic amines is 1. The van der Waals surface area contributed by atoms with Gasteiger partial charge in [-0.1, -0.05) is 78.0 Å². The number of rotatable bonds is 8. The van der Waals surface area contributed by atoms with Gasteiger partial charge in [0.1, 0.15) is 18.0 Å². The molecule has 7 nitrogen and oxygen atoms in total. The average molecular weight is 491 g/mol. The number of hydrogen-bond donors (Lipinski definition) is 1. The first kappa shape index (κ1) is 22.9. The van der Waals surface area contributed by atoms with Crippen LogP contribution in [0.2, 0.25) is 0 Å². The van der Waals surface area contributed by atoms with Gasteiger partial charge in [0.15, 0.2) is 0 Å². The van der Waals surface area contributed by atoms with E-state index in [0.717, 1.165) is 47.5 Å². The Morgan fingerprint density at radius 3 is 2.24 bits per heavy atom. The third-order valence-corrected chi connectivity index (χ3v) is 7.20. The van der Waals surface area contributed by atoms with E-state index in [1.807, 2.05) is 12.1 Å². The predicted molar refractivity (Wildman–Crippen MR) is 142 cm³/mol. The summed E-state index contributed by atoms with van der Waals surface area (Å²) < 4.78 is 0.